The molecule has 1 aliphatic heterocycles. The normalized spacial score (nSPS) is 16.0. The number of nitrogens with one attached hydrogen (secondary N) is 1. The third-order valence-corrected chi connectivity index (χ3v) is 7.41. The Bertz CT molecular complexity index is 1010. The highest BCUT2D eigenvalue weighted by molar-refractivity contribution is 7.89. The molecule has 0 spiro atoms. The van der Waals surface area contributed by atoms with Gasteiger partial charge in [0, 0.05) is 38.9 Å². The van der Waals surface area contributed by atoms with E-state index in [1.165, 1.54) is 4.31 Å². The maximum Gasteiger partial charge on any atom is 0.321 e. The summed E-state index contributed by atoms with van der Waals surface area (Å²) in [5.41, 5.74) is 4.03. The van der Waals surface area contributed by atoms with Gasteiger partial charge in [0.15, 0.2) is 0 Å². The maximum absolute atomic E-state index is 13.2. The van der Waals surface area contributed by atoms with Gasteiger partial charge in [-0.25, -0.2) is 13.2 Å². The number of sulfonamides is 1. The van der Waals surface area contributed by atoms with Crippen LogP contribution in [0.25, 0.3) is 0 Å². The van der Waals surface area contributed by atoms with Crippen LogP contribution in [0.4, 0.5) is 10.5 Å². The fraction of sp³-hybridized carbons (Fsp3) is 0.500. The van der Waals surface area contributed by atoms with E-state index < -0.39 is 10.0 Å². The summed E-state index contributed by atoms with van der Waals surface area (Å²) >= 11 is 0. The third kappa shape index (κ3) is 4.45. The van der Waals surface area contributed by atoms with Gasteiger partial charge in [0.25, 0.3) is 0 Å². The zero-order valence-electron chi connectivity index (χ0n) is 17.7. The summed E-state index contributed by atoms with van der Waals surface area (Å²) < 4.78 is 29.4. The summed E-state index contributed by atoms with van der Waals surface area (Å²) in [4.78, 5) is 14.7. The lowest BCUT2D eigenvalue weighted by atomic mass is 10.1. The molecule has 8 nitrogen and oxygen atoms in total. The van der Waals surface area contributed by atoms with Crippen LogP contribution < -0.4 is 5.32 Å². The number of benzene rings is 1. The van der Waals surface area contributed by atoms with E-state index in [9.17, 15) is 13.2 Å². The molecule has 3 rings (SSSR count). The Labute approximate surface area is 172 Å². The van der Waals surface area contributed by atoms with E-state index >= 15 is 0 Å². The molecule has 2 amide bonds. The Morgan fingerprint density at radius 3 is 2.24 bits per heavy atom. The SMILES string of the molecule is Cc1cc(C)cc(NC(=O)N2CCCN(S(=O)(=O)c3c(C)nn(C)c3C)CC2)c1. The van der Waals surface area contributed by atoms with Crippen molar-refractivity contribution in [1.29, 1.82) is 0 Å². The Morgan fingerprint density at radius 2 is 1.66 bits per heavy atom. The van der Waals surface area contributed by atoms with Crippen molar-refractivity contribution in [1.82, 2.24) is 19.0 Å². The molecule has 1 aromatic carbocycles. The highest BCUT2D eigenvalue weighted by Gasteiger charge is 2.32. The van der Waals surface area contributed by atoms with Crippen LogP contribution in [0.15, 0.2) is 23.1 Å². The van der Waals surface area contributed by atoms with Crippen LogP contribution in [0.5, 0.6) is 0 Å². The molecule has 29 heavy (non-hydrogen) atoms. The van der Waals surface area contributed by atoms with Gasteiger partial charge in [-0.3, -0.25) is 4.68 Å². The van der Waals surface area contributed by atoms with Gasteiger partial charge in [-0.1, -0.05) is 6.07 Å². The molecule has 1 fully saturated rings. The molecule has 0 saturated carbocycles. The molecule has 158 valence electrons. The minimum atomic E-state index is -3.65. The number of urea groups is 1. The van der Waals surface area contributed by atoms with E-state index in [-0.39, 0.29) is 17.5 Å². The van der Waals surface area contributed by atoms with Crippen LogP contribution in [-0.4, -0.2) is 59.6 Å². The molecule has 0 unspecified atom stereocenters. The number of hydrogen-bond acceptors (Lipinski definition) is 4. The number of carbonyl (C=O) groups is 1. The number of anilines is 1. The Morgan fingerprint density at radius 1 is 1.00 bits per heavy atom. The number of nitrogens with zero attached hydrogens (tertiary/aromatic N) is 4. The second kappa shape index (κ2) is 8.16. The molecule has 0 radical (unpaired) electrons. The largest absolute Gasteiger partial charge is 0.323 e. The summed E-state index contributed by atoms with van der Waals surface area (Å²) in [5.74, 6) is 0. The van der Waals surface area contributed by atoms with E-state index in [2.05, 4.69) is 10.4 Å². The van der Waals surface area contributed by atoms with Crippen LogP contribution >= 0.6 is 0 Å². The van der Waals surface area contributed by atoms with Gasteiger partial charge in [-0.05, 0) is 57.4 Å². The average molecular weight is 420 g/mol. The molecular weight excluding hydrogens is 390 g/mol. The van der Waals surface area contributed by atoms with E-state index in [4.69, 9.17) is 0 Å². The number of hydrogen-bond donors (Lipinski definition) is 1. The highest BCUT2D eigenvalue weighted by Crippen LogP contribution is 2.24. The fourth-order valence-electron chi connectivity index (χ4n) is 3.84. The Balaban J connectivity index is 1.72. The van der Waals surface area contributed by atoms with Gasteiger partial charge in [-0.15, -0.1) is 0 Å². The molecule has 1 N–H and O–H groups in total. The maximum atomic E-state index is 13.2. The zero-order valence-corrected chi connectivity index (χ0v) is 18.5. The number of carbonyl (C=O) groups excluding carboxylic acids is 1. The second-order valence-electron chi connectivity index (χ2n) is 7.67. The average Bonchev–Trinajstić information content (AvgIpc) is 2.78. The standard InChI is InChI=1S/C20H29N5O3S/c1-14-11-15(2)13-18(12-14)21-20(26)24-7-6-8-25(10-9-24)29(27,28)19-16(3)22-23(5)17(19)4/h11-13H,6-10H2,1-5H3,(H,21,26). The van der Waals surface area contributed by atoms with E-state index in [1.807, 2.05) is 32.0 Å². The summed E-state index contributed by atoms with van der Waals surface area (Å²) in [6.07, 6.45) is 0.581. The molecule has 0 atom stereocenters. The van der Waals surface area contributed by atoms with Gasteiger partial charge < -0.3 is 10.2 Å². The van der Waals surface area contributed by atoms with Gasteiger partial charge in [0.05, 0.1) is 11.4 Å². The molecule has 0 aliphatic carbocycles. The first-order valence-corrected chi connectivity index (χ1v) is 11.2. The Hall–Kier alpha value is -2.39. The van der Waals surface area contributed by atoms with Crippen molar-refractivity contribution in [3.63, 3.8) is 0 Å². The van der Waals surface area contributed by atoms with Crippen LogP contribution in [-0.2, 0) is 17.1 Å². The molecule has 1 aliphatic rings. The van der Waals surface area contributed by atoms with Crippen LogP contribution in [0.1, 0.15) is 28.9 Å². The lowest BCUT2D eigenvalue weighted by Gasteiger charge is -2.22. The van der Waals surface area contributed by atoms with Crippen molar-refractivity contribution in [3.8, 4) is 0 Å². The second-order valence-corrected chi connectivity index (χ2v) is 9.55. The van der Waals surface area contributed by atoms with Crippen molar-refractivity contribution >= 4 is 21.7 Å². The van der Waals surface area contributed by atoms with Crippen LogP contribution in [0, 0.1) is 27.7 Å². The van der Waals surface area contributed by atoms with Crippen molar-refractivity contribution in [2.45, 2.75) is 39.0 Å². The zero-order chi connectivity index (χ0) is 21.3. The molecule has 9 heteroatoms. The summed E-state index contributed by atoms with van der Waals surface area (Å²) in [6.45, 7) is 8.93. The Kier molecular flexibility index (Phi) is 6.00. The molecular formula is C20H29N5O3S. The topological polar surface area (TPSA) is 87.5 Å². The predicted molar refractivity (Wildman–Crippen MR) is 113 cm³/mol. The monoisotopic (exact) mass is 419 g/mol. The quantitative estimate of drug-likeness (QED) is 0.828. The first-order chi connectivity index (χ1) is 13.6. The van der Waals surface area contributed by atoms with E-state index in [0.29, 0.717) is 37.4 Å². The van der Waals surface area contributed by atoms with E-state index in [0.717, 1.165) is 16.8 Å². The van der Waals surface area contributed by atoms with Gasteiger partial charge >= 0.3 is 6.03 Å². The summed E-state index contributed by atoms with van der Waals surface area (Å²) in [5, 5.41) is 7.17. The number of aryl methyl sites for hydroxylation is 4. The van der Waals surface area contributed by atoms with Crippen molar-refractivity contribution < 1.29 is 13.2 Å². The number of rotatable bonds is 3. The first kappa shape index (κ1) is 21.3. The molecule has 2 aromatic rings. The fourth-order valence-corrected chi connectivity index (χ4v) is 5.71. The minimum absolute atomic E-state index is 0.206. The van der Waals surface area contributed by atoms with Crippen LogP contribution in [0.3, 0.4) is 0 Å². The van der Waals surface area contributed by atoms with Gasteiger partial charge in [-0.2, -0.15) is 9.40 Å². The lowest BCUT2D eigenvalue weighted by Crippen LogP contribution is -2.39. The minimum Gasteiger partial charge on any atom is -0.323 e. The number of amides is 2. The molecule has 1 saturated heterocycles. The van der Waals surface area contributed by atoms with E-state index in [1.54, 1.807) is 30.5 Å². The molecule has 2 heterocycles. The van der Waals surface area contributed by atoms with Crippen LogP contribution in [0.2, 0.25) is 0 Å². The van der Waals surface area contributed by atoms with Crippen molar-refractivity contribution in [2.24, 2.45) is 7.05 Å². The lowest BCUT2D eigenvalue weighted by molar-refractivity contribution is 0.214. The van der Waals surface area contributed by atoms with Crippen molar-refractivity contribution in [3.05, 3.63) is 40.7 Å². The first-order valence-electron chi connectivity index (χ1n) is 9.74. The van der Waals surface area contributed by atoms with Crippen molar-refractivity contribution in [2.75, 3.05) is 31.5 Å². The highest BCUT2D eigenvalue weighted by atomic mass is 32.2. The molecule has 1 aromatic heterocycles. The third-order valence-electron chi connectivity index (χ3n) is 5.26. The number of aromatic nitrogens is 2. The predicted octanol–water partition coefficient (Wildman–Crippen LogP) is 2.58. The smallest absolute Gasteiger partial charge is 0.321 e. The summed E-state index contributed by atoms with van der Waals surface area (Å²) in [7, 11) is -1.91. The summed E-state index contributed by atoms with van der Waals surface area (Å²) in [6, 6.07) is 5.69. The van der Waals surface area contributed by atoms with Gasteiger partial charge in [0.1, 0.15) is 4.90 Å². The van der Waals surface area contributed by atoms with Gasteiger partial charge in [0.2, 0.25) is 10.0 Å². The molecule has 0 bridgehead atoms.